The molecule has 2 heterocycles. The average Bonchev–Trinajstić information content (AvgIpc) is 3.14. The third-order valence-electron chi connectivity index (χ3n) is 6.24. The van der Waals surface area contributed by atoms with E-state index in [1.54, 1.807) is 45.0 Å². The minimum Gasteiger partial charge on any atom is -0.443 e. The van der Waals surface area contributed by atoms with Crippen LogP contribution in [-0.4, -0.2) is 79.3 Å². The second-order valence-corrected chi connectivity index (χ2v) is 10.4. The van der Waals surface area contributed by atoms with Crippen LogP contribution in [0, 0.1) is 11.6 Å². The van der Waals surface area contributed by atoms with Gasteiger partial charge in [0.1, 0.15) is 24.0 Å². The summed E-state index contributed by atoms with van der Waals surface area (Å²) in [5.74, 6) is -1.83. The monoisotopic (exact) mass is 561 g/mol. The zero-order valence-electron chi connectivity index (χ0n) is 22.6. The molecule has 40 heavy (non-hydrogen) atoms. The van der Waals surface area contributed by atoms with E-state index in [0.717, 1.165) is 32.6 Å². The first-order valence-electron chi connectivity index (χ1n) is 12.9. The minimum atomic E-state index is -0.914. The Balaban J connectivity index is 1.54. The molecule has 0 aromatic heterocycles. The van der Waals surface area contributed by atoms with Crippen LogP contribution < -0.4 is 15.5 Å². The highest BCUT2D eigenvalue weighted by Crippen LogP contribution is 2.31. The molecule has 2 aromatic carbocycles. The van der Waals surface area contributed by atoms with Crippen LogP contribution in [-0.2, 0) is 20.8 Å². The lowest BCUT2D eigenvalue weighted by atomic mass is 10.2. The highest BCUT2D eigenvalue weighted by atomic mass is 19.1. The molecule has 2 aliphatic heterocycles. The second-order valence-electron chi connectivity index (χ2n) is 10.4. The van der Waals surface area contributed by atoms with Gasteiger partial charge in [-0.05, 0) is 26.3 Å². The topological polar surface area (TPSA) is 118 Å². The number of cyclic esters (lactones) is 1. The van der Waals surface area contributed by atoms with Crippen molar-refractivity contribution >= 4 is 29.7 Å². The van der Waals surface area contributed by atoms with Crippen LogP contribution in [0.2, 0.25) is 0 Å². The maximum Gasteiger partial charge on any atom is 0.429 e. The number of benzene rings is 2. The molecule has 1 atom stereocenters. The lowest BCUT2D eigenvalue weighted by Gasteiger charge is -2.33. The van der Waals surface area contributed by atoms with Gasteiger partial charge in [0.05, 0.1) is 25.3 Å². The zero-order valence-corrected chi connectivity index (χ0v) is 22.6. The first-order chi connectivity index (χ1) is 19.0. The fourth-order valence-corrected chi connectivity index (χ4v) is 4.36. The Bertz CT molecular complexity index is 1220. The van der Waals surface area contributed by atoms with Crippen molar-refractivity contribution in [2.45, 2.75) is 39.1 Å². The van der Waals surface area contributed by atoms with E-state index in [1.165, 1.54) is 4.90 Å². The van der Waals surface area contributed by atoms with Crippen LogP contribution in [0.3, 0.4) is 0 Å². The predicted molar refractivity (Wildman–Crippen MR) is 142 cm³/mol. The Morgan fingerprint density at radius 2 is 1.60 bits per heavy atom. The predicted octanol–water partition coefficient (Wildman–Crippen LogP) is 3.86. The van der Waals surface area contributed by atoms with E-state index in [2.05, 4.69) is 0 Å². The number of hydrazine groups is 1. The van der Waals surface area contributed by atoms with Crippen molar-refractivity contribution in [3.8, 4) is 0 Å². The fraction of sp³-hybridized carbons (Fsp3) is 0.444. The van der Waals surface area contributed by atoms with E-state index >= 15 is 8.78 Å². The van der Waals surface area contributed by atoms with Crippen molar-refractivity contribution in [2.75, 3.05) is 49.1 Å². The molecular weight excluding hydrogens is 528 g/mol. The Labute approximate surface area is 230 Å². The molecule has 0 unspecified atom stereocenters. The number of carbonyl (C=O) groups is 3. The van der Waals surface area contributed by atoms with Gasteiger partial charge >= 0.3 is 18.3 Å². The van der Waals surface area contributed by atoms with Crippen molar-refractivity contribution in [1.29, 1.82) is 0 Å². The molecule has 3 amide bonds. The van der Waals surface area contributed by atoms with E-state index in [4.69, 9.17) is 19.9 Å². The number of nitrogens with two attached hydrogens (primary N) is 1. The number of hydrogen-bond donors (Lipinski definition) is 1. The van der Waals surface area contributed by atoms with Gasteiger partial charge < -0.3 is 24.8 Å². The Hall–Kier alpha value is -4.13. The summed E-state index contributed by atoms with van der Waals surface area (Å²) in [7, 11) is 0. The van der Waals surface area contributed by atoms with Crippen molar-refractivity contribution in [2.24, 2.45) is 5.73 Å². The maximum absolute atomic E-state index is 15.3. The van der Waals surface area contributed by atoms with E-state index in [1.807, 2.05) is 6.07 Å². The molecule has 4 rings (SSSR count). The zero-order chi connectivity index (χ0) is 29.0. The third-order valence-corrected chi connectivity index (χ3v) is 6.24. The van der Waals surface area contributed by atoms with Gasteiger partial charge in [-0.15, -0.1) is 0 Å². The van der Waals surface area contributed by atoms with Crippen molar-refractivity contribution in [1.82, 2.24) is 10.0 Å². The van der Waals surface area contributed by atoms with Gasteiger partial charge in [0.15, 0.2) is 11.6 Å². The minimum absolute atomic E-state index is 0.00369. The summed E-state index contributed by atoms with van der Waals surface area (Å²) in [6.45, 7) is 4.90. The molecule has 2 aromatic rings. The summed E-state index contributed by atoms with van der Waals surface area (Å²) in [4.78, 5) is 40.8. The molecule has 0 saturated carbocycles. The van der Waals surface area contributed by atoms with E-state index in [0.29, 0.717) is 0 Å². The van der Waals surface area contributed by atoms with Crippen molar-refractivity contribution in [3.05, 3.63) is 59.7 Å². The summed E-state index contributed by atoms with van der Waals surface area (Å²) in [6, 6.07) is 11.1. The lowest BCUT2D eigenvalue weighted by molar-refractivity contribution is -0.0421. The number of amides is 3. The van der Waals surface area contributed by atoms with Crippen LogP contribution in [0.1, 0.15) is 26.3 Å². The average molecular weight is 562 g/mol. The number of nitrogens with zero attached hydrogens (tertiary/aromatic N) is 4. The Kier molecular flexibility index (Phi) is 8.62. The normalized spacial score (nSPS) is 17.9. The summed E-state index contributed by atoms with van der Waals surface area (Å²) in [5.41, 5.74) is 5.09. The largest absolute Gasteiger partial charge is 0.443 e. The highest BCUT2D eigenvalue weighted by molar-refractivity contribution is 5.90. The Morgan fingerprint density at radius 3 is 2.15 bits per heavy atom. The van der Waals surface area contributed by atoms with Gasteiger partial charge in [-0.3, -0.25) is 4.90 Å². The van der Waals surface area contributed by atoms with Gasteiger partial charge in [0.25, 0.3) is 0 Å². The van der Waals surface area contributed by atoms with Gasteiger partial charge in [0, 0.05) is 31.8 Å². The summed E-state index contributed by atoms with van der Waals surface area (Å²) in [5, 5.41) is 2.16. The van der Waals surface area contributed by atoms with Gasteiger partial charge in [0.2, 0.25) is 0 Å². The molecule has 0 aliphatic carbocycles. The maximum atomic E-state index is 15.3. The lowest BCUT2D eigenvalue weighted by Crippen LogP contribution is -2.52. The van der Waals surface area contributed by atoms with Crippen molar-refractivity contribution < 1.29 is 37.4 Å². The molecule has 2 saturated heterocycles. The van der Waals surface area contributed by atoms with Crippen molar-refractivity contribution in [3.63, 3.8) is 0 Å². The van der Waals surface area contributed by atoms with E-state index in [9.17, 15) is 14.4 Å². The second kappa shape index (κ2) is 11.9. The SMILES string of the molecule is CC(C)(C)OC(=O)N1CCN(c2c(F)cc(N3C[C@H](CN)OC3=O)cc2F)CCN1C(=O)OCc1ccccc1. The molecule has 2 aliphatic rings. The summed E-state index contributed by atoms with van der Waals surface area (Å²) in [6.07, 6.45) is -2.93. The summed E-state index contributed by atoms with van der Waals surface area (Å²) >= 11 is 0. The van der Waals surface area contributed by atoms with Gasteiger partial charge in [-0.2, -0.15) is 0 Å². The van der Waals surface area contributed by atoms with Crippen LogP contribution >= 0.6 is 0 Å². The molecule has 216 valence electrons. The van der Waals surface area contributed by atoms with E-state index < -0.39 is 41.6 Å². The van der Waals surface area contributed by atoms with Crippen LogP contribution in [0.5, 0.6) is 0 Å². The third kappa shape index (κ3) is 6.71. The molecule has 0 bridgehead atoms. The number of anilines is 2. The smallest absolute Gasteiger partial charge is 0.429 e. The number of hydrogen-bond acceptors (Lipinski definition) is 8. The Morgan fingerprint density at radius 1 is 1.00 bits per heavy atom. The molecule has 2 fully saturated rings. The molecular formula is C27H33F2N5O6. The van der Waals surface area contributed by atoms with Gasteiger partial charge in [-0.1, -0.05) is 30.3 Å². The van der Waals surface area contributed by atoms with Crippen LogP contribution in [0.15, 0.2) is 42.5 Å². The standard InChI is InChI=1S/C27H33F2N5O6/c1-27(2,3)40-26(37)34-12-10-31(9-11-33(34)25(36)38-17-18-7-5-4-6-8-18)23-21(28)13-19(14-22(23)29)32-16-20(15-30)39-24(32)35/h4-8,13-14,20H,9-12,15-17,30H2,1-3H3/t20-/m0/s1. The number of halogens is 2. The van der Waals surface area contributed by atoms with Gasteiger partial charge in [-0.25, -0.2) is 33.2 Å². The highest BCUT2D eigenvalue weighted by Gasteiger charge is 2.36. The van der Waals surface area contributed by atoms with Crippen LogP contribution in [0.25, 0.3) is 0 Å². The quantitative estimate of drug-likeness (QED) is 0.547. The fourth-order valence-electron chi connectivity index (χ4n) is 4.36. The molecule has 11 nitrogen and oxygen atoms in total. The number of rotatable bonds is 5. The molecule has 13 heteroatoms. The van der Waals surface area contributed by atoms with Crippen LogP contribution in [0.4, 0.5) is 34.5 Å². The number of ether oxygens (including phenoxy) is 3. The molecule has 2 N–H and O–H groups in total. The first kappa shape index (κ1) is 28.9. The molecule has 0 radical (unpaired) electrons. The first-order valence-corrected chi connectivity index (χ1v) is 12.9. The van der Waals surface area contributed by atoms with E-state index in [-0.39, 0.29) is 57.3 Å². The molecule has 0 spiro atoms. The summed E-state index contributed by atoms with van der Waals surface area (Å²) < 4.78 is 46.7. The number of carbonyl (C=O) groups excluding carboxylic acids is 3.